The van der Waals surface area contributed by atoms with E-state index >= 15 is 0 Å². The van der Waals surface area contributed by atoms with E-state index in [9.17, 15) is 0 Å². The molecule has 0 aromatic carbocycles. The Labute approximate surface area is 80.4 Å². The van der Waals surface area contributed by atoms with Crippen molar-refractivity contribution in [1.29, 1.82) is 0 Å². The second-order valence-corrected chi connectivity index (χ2v) is 2.72. The molecule has 2 heterocycles. The Morgan fingerprint density at radius 1 is 1.29 bits per heavy atom. The van der Waals surface area contributed by atoms with Gasteiger partial charge in [-0.15, -0.1) is 0 Å². The first-order valence-corrected chi connectivity index (χ1v) is 4.10. The minimum atomic E-state index is 0.363. The van der Waals surface area contributed by atoms with Crippen LogP contribution in [-0.4, -0.2) is 27.2 Å². The molecule has 0 spiro atoms. The summed E-state index contributed by atoms with van der Waals surface area (Å²) in [5.74, 6) is 0.432. The number of rotatable bonds is 2. The Morgan fingerprint density at radius 2 is 2.14 bits per heavy atom. The van der Waals surface area contributed by atoms with Gasteiger partial charge in [-0.25, -0.2) is 4.98 Å². The standard InChI is InChI=1S/C8H9N5O/c1-5-3-11-6(4-10-5)7-12-8(9-2)14-13-7/h3-4H,1-2H3,(H,9,12,13). The van der Waals surface area contributed by atoms with Crippen molar-refractivity contribution in [3.63, 3.8) is 0 Å². The van der Waals surface area contributed by atoms with E-state index in [2.05, 4.69) is 25.4 Å². The van der Waals surface area contributed by atoms with Gasteiger partial charge in [0.05, 0.1) is 11.9 Å². The SMILES string of the molecule is CNc1nc(-c2cnc(C)cn2)no1. The van der Waals surface area contributed by atoms with Gasteiger partial charge >= 0.3 is 6.01 Å². The number of hydrogen-bond donors (Lipinski definition) is 1. The van der Waals surface area contributed by atoms with Crippen molar-refractivity contribution in [2.75, 3.05) is 12.4 Å². The molecule has 0 aliphatic carbocycles. The van der Waals surface area contributed by atoms with Gasteiger partial charge in [-0.05, 0) is 6.92 Å². The van der Waals surface area contributed by atoms with Crippen molar-refractivity contribution >= 4 is 6.01 Å². The highest BCUT2D eigenvalue weighted by Gasteiger charge is 2.08. The molecule has 0 amide bonds. The average Bonchev–Trinajstić information content (AvgIpc) is 2.67. The highest BCUT2D eigenvalue weighted by Crippen LogP contribution is 2.13. The summed E-state index contributed by atoms with van der Waals surface area (Å²) in [6.45, 7) is 1.87. The molecule has 0 bridgehead atoms. The molecule has 0 radical (unpaired) electrons. The molecule has 14 heavy (non-hydrogen) atoms. The summed E-state index contributed by atoms with van der Waals surface area (Å²) in [5, 5.41) is 6.48. The average molecular weight is 191 g/mol. The molecule has 0 saturated carbocycles. The minimum absolute atomic E-state index is 0.363. The van der Waals surface area contributed by atoms with Gasteiger partial charge < -0.3 is 9.84 Å². The van der Waals surface area contributed by atoms with Gasteiger partial charge in [0.25, 0.3) is 0 Å². The van der Waals surface area contributed by atoms with E-state index in [1.807, 2.05) is 6.92 Å². The van der Waals surface area contributed by atoms with Crippen LogP contribution in [-0.2, 0) is 0 Å². The van der Waals surface area contributed by atoms with Crippen molar-refractivity contribution in [3.8, 4) is 11.5 Å². The second-order valence-electron chi connectivity index (χ2n) is 2.72. The van der Waals surface area contributed by atoms with E-state index in [0.29, 0.717) is 17.5 Å². The van der Waals surface area contributed by atoms with Crippen LogP contribution in [0.25, 0.3) is 11.5 Å². The number of aromatic nitrogens is 4. The van der Waals surface area contributed by atoms with Crippen LogP contribution in [0, 0.1) is 6.92 Å². The van der Waals surface area contributed by atoms with Crippen LogP contribution in [0.5, 0.6) is 0 Å². The zero-order chi connectivity index (χ0) is 9.97. The Hall–Kier alpha value is -1.98. The van der Waals surface area contributed by atoms with Crippen LogP contribution in [0.3, 0.4) is 0 Å². The summed E-state index contributed by atoms with van der Waals surface area (Å²) in [4.78, 5) is 12.2. The van der Waals surface area contributed by atoms with Crippen molar-refractivity contribution in [3.05, 3.63) is 18.1 Å². The molecule has 0 saturated heterocycles. The van der Waals surface area contributed by atoms with Crippen LogP contribution in [0.1, 0.15) is 5.69 Å². The number of hydrogen-bond acceptors (Lipinski definition) is 6. The van der Waals surface area contributed by atoms with Gasteiger partial charge in [-0.3, -0.25) is 4.98 Å². The van der Waals surface area contributed by atoms with E-state index in [4.69, 9.17) is 4.52 Å². The normalized spacial score (nSPS) is 10.1. The zero-order valence-electron chi connectivity index (χ0n) is 7.85. The third kappa shape index (κ3) is 1.54. The Kier molecular flexibility index (Phi) is 2.10. The fourth-order valence-corrected chi connectivity index (χ4v) is 0.937. The molecule has 0 fully saturated rings. The lowest BCUT2D eigenvalue weighted by Gasteiger charge is -1.92. The van der Waals surface area contributed by atoms with Gasteiger partial charge in [0.15, 0.2) is 0 Å². The van der Waals surface area contributed by atoms with Gasteiger partial charge in [-0.1, -0.05) is 5.16 Å². The Balaban J connectivity index is 2.34. The molecule has 72 valence electrons. The molecule has 6 heteroatoms. The summed E-state index contributed by atoms with van der Waals surface area (Å²) in [6, 6.07) is 0.363. The monoisotopic (exact) mass is 191 g/mol. The van der Waals surface area contributed by atoms with Crippen LogP contribution in [0.2, 0.25) is 0 Å². The summed E-state index contributed by atoms with van der Waals surface area (Å²) in [7, 11) is 1.71. The second kappa shape index (κ2) is 3.41. The summed E-state index contributed by atoms with van der Waals surface area (Å²) >= 11 is 0. The molecule has 0 unspecified atom stereocenters. The maximum atomic E-state index is 4.86. The number of aryl methyl sites for hydroxylation is 1. The lowest BCUT2D eigenvalue weighted by molar-refractivity contribution is 0.434. The minimum Gasteiger partial charge on any atom is -0.341 e. The maximum absolute atomic E-state index is 4.86. The molecular weight excluding hydrogens is 182 g/mol. The first-order chi connectivity index (χ1) is 6.79. The molecule has 6 nitrogen and oxygen atoms in total. The predicted octanol–water partition coefficient (Wildman–Crippen LogP) is 0.877. The fourth-order valence-electron chi connectivity index (χ4n) is 0.937. The Morgan fingerprint density at radius 3 is 2.71 bits per heavy atom. The maximum Gasteiger partial charge on any atom is 0.321 e. The van der Waals surface area contributed by atoms with E-state index in [0.717, 1.165) is 5.69 Å². The van der Waals surface area contributed by atoms with Crippen LogP contribution >= 0.6 is 0 Å². The first kappa shape index (κ1) is 8.61. The topological polar surface area (TPSA) is 76.7 Å². The van der Waals surface area contributed by atoms with Crippen LogP contribution in [0.4, 0.5) is 6.01 Å². The molecule has 1 N–H and O–H groups in total. The fraction of sp³-hybridized carbons (Fsp3) is 0.250. The third-order valence-electron chi connectivity index (χ3n) is 1.65. The molecule has 0 aliphatic heterocycles. The summed E-state index contributed by atoms with van der Waals surface area (Å²) < 4.78 is 4.86. The van der Waals surface area contributed by atoms with E-state index in [1.165, 1.54) is 0 Å². The lowest BCUT2D eigenvalue weighted by Crippen LogP contribution is -1.90. The van der Waals surface area contributed by atoms with Crippen LogP contribution < -0.4 is 5.32 Å². The summed E-state index contributed by atoms with van der Waals surface area (Å²) in [5.41, 5.74) is 1.45. The van der Waals surface area contributed by atoms with Gasteiger partial charge in [-0.2, -0.15) is 4.98 Å². The Bertz CT molecular complexity index is 422. The van der Waals surface area contributed by atoms with E-state index < -0.39 is 0 Å². The van der Waals surface area contributed by atoms with Crippen molar-refractivity contribution in [2.45, 2.75) is 6.92 Å². The first-order valence-electron chi connectivity index (χ1n) is 4.10. The van der Waals surface area contributed by atoms with Crippen molar-refractivity contribution in [1.82, 2.24) is 20.1 Å². The smallest absolute Gasteiger partial charge is 0.321 e. The van der Waals surface area contributed by atoms with Gasteiger partial charge in [0.1, 0.15) is 5.69 Å². The number of anilines is 1. The van der Waals surface area contributed by atoms with Crippen molar-refractivity contribution in [2.24, 2.45) is 0 Å². The molecule has 0 atom stereocenters. The quantitative estimate of drug-likeness (QED) is 0.759. The largest absolute Gasteiger partial charge is 0.341 e. The zero-order valence-corrected chi connectivity index (χ0v) is 7.85. The summed E-state index contributed by atoms with van der Waals surface area (Å²) in [6.07, 6.45) is 3.27. The van der Waals surface area contributed by atoms with E-state index in [-0.39, 0.29) is 0 Å². The highest BCUT2D eigenvalue weighted by molar-refractivity contribution is 5.47. The highest BCUT2D eigenvalue weighted by atomic mass is 16.5. The van der Waals surface area contributed by atoms with E-state index in [1.54, 1.807) is 19.4 Å². The van der Waals surface area contributed by atoms with Gasteiger partial charge in [0, 0.05) is 13.2 Å². The van der Waals surface area contributed by atoms with Crippen LogP contribution in [0.15, 0.2) is 16.9 Å². The predicted molar refractivity (Wildman–Crippen MR) is 49.6 cm³/mol. The molecular formula is C8H9N5O. The molecule has 2 aromatic rings. The number of nitrogens with zero attached hydrogens (tertiary/aromatic N) is 4. The lowest BCUT2D eigenvalue weighted by atomic mass is 10.4. The van der Waals surface area contributed by atoms with Gasteiger partial charge in [0.2, 0.25) is 5.82 Å². The third-order valence-corrected chi connectivity index (χ3v) is 1.65. The molecule has 0 aliphatic rings. The number of nitrogens with one attached hydrogen (secondary N) is 1. The van der Waals surface area contributed by atoms with Crippen molar-refractivity contribution < 1.29 is 4.52 Å². The molecule has 2 rings (SSSR count). The molecule has 2 aromatic heterocycles.